The van der Waals surface area contributed by atoms with Gasteiger partial charge in [-0.1, -0.05) is 0 Å². The molecule has 18 heavy (non-hydrogen) atoms. The van der Waals surface area contributed by atoms with Crippen molar-refractivity contribution in [3.8, 4) is 11.3 Å². The summed E-state index contributed by atoms with van der Waals surface area (Å²) in [4.78, 5) is 15.3. The summed E-state index contributed by atoms with van der Waals surface area (Å²) >= 11 is 0. The van der Waals surface area contributed by atoms with Gasteiger partial charge in [0.05, 0.1) is 17.0 Å². The van der Waals surface area contributed by atoms with Crippen molar-refractivity contribution in [2.45, 2.75) is 13.8 Å². The van der Waals surface area contributed by atoms with Gasteiger partial charge in [0.15, 0.2) is 0 Å². The number of hydrogen-bond acceptors (Lipinski definition) is 2. The standard InChI is InChI=1S/C14H12FNO2/c1-8-7-12(14(17)18)9(2)16-13(8)10-3-5-11(15)6-4-10/h3-7H,1-2H3,(H,17,18). The number of nitrogens with zero attached hydrogens (tertiary/aromatic N) is 1. The summed E-state index contributed by atoms with van der Waals surface area (Å²) in [5, 5.41) is 9.00. The summed E-state index contributed by atoms with van der Waals surface area (Å²) in [6, 6.07) is 7.56. The summed E-state index contributed by atoms with van der Waals surface area (Å²) < 4.78 is 12.9. The fourth-order valence-electron chi connectivity index (χ4n) is 1.82. The molecule has 0 aliphatic heterocycles. The lowest BCUT2D eigenvalue weighted by Crippen LogP contribution is -2.04. The van der Waals surface area contributed by atoms with Crippen LogP contribution in [-0.4, -0.2) is 16.1 Å². The highest BCUT2D eigenvalue weighted by atomic mass is 19.1. The van der Waals surface area contributed by atoms with E-state index in [2.05, 4.69) is 4.98 Å². The molecule has 1 N–H and O–H groups in total. The minimum Gasteiger partial charge on any atom is -0.478 e. The van der Waals surface area contributed by atoms with Gasteiger partial charge in [0, 0.05) is 5.56 Å². The van der Waals surface area contributed by atoms with Crippen LogP contribution in [-0.2, 0) is 0 Å². The zero-order valence-corrected chi connectivity index (χ0v) is 10.1. The fraction of sp³-hybridized carbons (Fsp3) is 0.143. The predicted molar refractivity (Wildman–Crippen MR) is 66.1 cm³/mol. The smallest absolute Gasteiger partial charge is 0.337 e. The maximum absolute atomic E-state index is 12.9. The van der Waals surface area contributed by atoms with Crippen molar-refractivity contribution >= 4 is 5.97 Å². The van der Waals surface area contributed by atoms with Crippen LogP contribution in [0.4, 0.5) is 4.39 Å². The quantitative estimate of drug-likeness (QED) is 0.883. The Morgan fingerprint density at radius 3 is 2.39 bits per heavy atom. The number of hydrogen-bond donors (Lipinski definition) is 1. The van der Waals surface area contributed by atoms with Crippen LogP contribution in [0.1, 0.15) is 21.6 Å². The van der Waals surface area contributed by atoms with Crippen molar-refractivity contribution in [2.75, 3.05) is 0 Å². The predicted octanol–water partition coefficient (Wildman–Crippen LogP) is 3.20. The molecule has 0 bridgehead atoms. The molecule has 92 valence electrons. The summed E-state index contributed by atoms with van der Waals surface area (Å²) in [6.07, 6.45) is 0. The summed E-state index contributed by atoms with van der Waals surface area (Å²) in [5.74, 6) is -1.30. The Morgan fingerprint density at radius 1 is 1.22 bits per heavy atom. The summed E-state index contributed by atoms with van der Waals surface area (Å²) in [5.41, 5.74) is 2.85. The molecule has 0 spiro atoms. The largest absolute Gasteiger partial charge is 0.478 e. The maximum Gasteiger partial charge on any atom is 0.337 e. The Balaban J connectivity index is 2.56. The molecule has 0 fully saturated rings. The SMILES string of the molecule is Cc1cc(C(=O)O)c(C)nc1-c1ccc(F)cc1. The first-order valence-electron chi connectivity index (χ1n) is 5.46. The van der Waals surface area contributed by atoms with Crippen LogP contribution in [0.25, 0.3) is 11.3 Å². The zero-order chi connectivity index (χ0) is 13.3. The first kappa shape index (κ1) is 12.2. The molecule has 4 heteroatoms. The van der Waals surface area contributed by atoms with Gasteiger partial charge >= 0.3 is 5.97 Å². The number of aromatic carboxylic acids is 1. The van der Waals surface area contributed by atoms with Gasteiger partial charge in [0.1, 0.15) is 5.82 Å². The lowest BCUT2D eigenvalue weighted by Gasteiger charge is -2.09. The van der Waals surface area contributed by atoms with E-state index in [9.17, 15) is 9.18 Å². The first-order chi connectivity index (χ1) is 8.49. The van der Waals surface area contributed by atoms with Crippen molar-refractivity contribution in [2.24, 2.45) is 0 Å². The minimum atomic E-state index is -0.992. The monoisotopic (exact) mass is 245 g/mol. The minimum absolute atomic E-state index is 0.193. The van der Waals surface area contributed by atoms with Gasteiger partial charge < -0.3 is 5.11 Å². The molecule has 0 atom stereocenters. The maximum atomic E-state index is 12.9. The van der Waals surface area contributed by atoms with Crippen molar-refractivity contribution < 1.29 is 14.3 Å². The molecule has 1 aromatic heterocycles. The highest BCUT2D eigenvalue weighted by molar-refractivity contribution is 5.89. The Morgan fingerprint density at radius 2 is 1.83 bits per heavy atom. The Hall–Kier alpha value is -2.23. The number of halogens is 1. The van der Waals surface area contributed by atoms with Crippen molar-refractivity contribution in [1.29, 1.82) is 0 Å². The van der Waals surface area contributed by atoms with Crippen LogP contribution in [0, 0.1) is 19.7 Å². The molecule has 2 rings (SSSR count). The molecule has 1 aromatic carbocycles. The number of carbonyl (C=O) groups is 1. The fourth-order valence-corrected chi connectivity index (χ4v) is 1.82. The lowest BCUT2D eigenvalue weighted by atomic mass is 10.0. The number of aryl methyl sites for hydroxylation is 2. The average Bonchev–Trinajstić information content (AvgIpc) is 2.32. The third kappa shape index (κ3) is 2.22. The molecule has 0 saturated carbocycles. The molecule has 0 saturated heterocycles. The molecule has 0 aliphatic carbocycles. The third-order valence-electron chi connectivity index (χ3n) is 2.75. The van der Waals surface area contributed by atoms with Gasteiger partial charge in [0.25, 0.3) is 0 Å². The number of rotatable bonds is 2. The highest BCUT2D eigenvalue weighted by Gasteiger charge is 2.12. The van der Waals surface area contributed by atoms with Crippen LogP contribution < -0.4 is 0 Å². The second-order valence-electron chi connectivity index (χ2n) is 4.10. The number of pyridine rings is 1. The number of aromatic nitrogens is 1. The van der Waals surface area contributed by atoms with Crippen LogP contribution in [0.5, 0.6) is 0 Å². The molecule has 2 aromatic rings. The van der Waals surface area contributed by atoms with Crippen LogP contribution in [0.15, 0.2) is 30.3 Å². The number of carboxylic acids is 1. The Kier molecular flexibility index (Phi) is 3.10. The molecule has 0 aliphatic rings. The molecular formula is C14H12FNO2. The molecule has 1 heterocycles. The average molecular weight is 245 g/mol. The molecule has 0 radical (unpaired) electrons. The summed E-state index contributed by atoms with van der Waals surface area (Å²) in [6.45, 7) is 3.44. The van der Waals surface area contributed by atoms with E-state index in [0.29, 0.717) is 11.4 Å². The molecule has 0 amide bonds. The van der Waals surface area contributed by atoms with E-state index < -0.39 is 5.97 Å². The Bertz CT molecular complexity index is 606. The van der Waals surface area contributed by atoms with Gasteiger partial charge in [-0.3, -0.25) is 4.98 Å². The van der Waals surface area contributed by atoms with Gasteiger partial charge in [-0.2, -0.15) is 0 Å². The van der Waals surface area contributed by atoms with Crippen molar-refractivity contribution in [3.63, 3.8) is 0 Å². The van der Waals surface area contributed by atoms with E-state index in [1.54, 1.807) is 32.0 Å². The zero-order valence-electron chi connectivity index (χ0n) is 10.1. The van der Waals surface area contributed by atoms with E-state index in [4.69, 9.17) is 5.11 Å². The first-order valence-corrected chi connectivity index (χ1v) is 5.46. The molecule has 3 nitrogen and oxygen atoms in total. The van der Waals surface area contributed by atoms with Crippen LogP contribution in [0.2, 0.25) is 0 Å². The van der Waals surface area contributed by atoms with Gasteiger partial charge in [0.2, 0.25) is 0 Å². The molecular weight excluding hydrogens is 233 g/mol. The second kappa shape index (κ2) is 4.56. The highest BCUT2D eigenvalue weighted by Crippen LogP contribution is 2.23. The van der Waals surface area contributed by atoms with E-state index in [1.165, 1.54) is 12.1 Å². The van der Waals surface area contributed by atoms with E-state index in [0.717, 1.165) is 11.1 Å². The van der Waals surface area contributed by atoms with Gasteiger partial charge in [-0.25, -0.2) is 9.18 Å². The van der Waals surface area contributed by atoms with E-state index in [1.807, 2.05) is 0 Å². The van der Waals surface area contributed by atoms with Gasteiger partial charge in [-0.15, -0.1) is 0 Å². The van der Waals surface area contributed by atoms with Crippen LogP contribution in [0.3, 0.4) is 0 Å². The number of benzene rings is 1. The normalized spacial score (nSPS) is 10.4. The van der Waals surface area contributed by atoms with Crippen LogP contribution >= 0.6 is 0 Å². The topological polar surface area (TPSA) is 50.2 Å². The number of carboxylic acid groups (broad SMARTS) is 1. The van der Waals surface area contributed by atoms with Gasteiger partial charge in [-0.05, 0) is 49.7 Å². The Labute approximate surface area is 104 Å². The van der Waals surface area contributed by atoms with Crippen molar-refractivity contribution in [1.82, 2.24) is 4.98 Å². The lowest BCUT2D eigenvalue weighted by molar-refractivity contribution is 0.0695. The summed E-state index contributed by atoms with van der Waals surface area (Å²) in [7, 11) is 0. The van der Waals surface area contributed by atoms with E-state index in [-0.39, 0.29) is 11.4 Å². The molecule has 0 unspecified atom stereocenters. The second-order valence-corrected chi connectivity index (χ2v) is 4.10. The van der Waals surface area contributed by atoms with Crippen molar-refractivity contribution in [3.05, 3.63) is 53.0 Å². The van der Waals surface area contributed by atoms with E-state index >= 15 is 0 Å². The third-order valence-corrected chi connectivity index (χ3v) is 2.75.